The summed E-state index contributed by atoms with van der Waals surface area (Å²) in [5.41, 5.74) is 0.899. The number of rotatable bonds is 5. The maximum absolute atomic E-state index is 15.0. The Bertz CT molecular complexity index is 1150. The maximum atomic E-state index is 15.0. The third-order valence-corrected chi connectivity index (χ3v) is 6.56. The van der Waals surface area contributed by atoms with Crippen molar-refractivity contribution in [3.8, 4) is 0 Å². The topological polar surface area (TPSA) is 118 Å². The largest absolute Gasteiger partial charge is 0.441 e. The van der Waals surface area contributed by atoms with Gasteiger partial charge in [0.05, 0.1) is 23.5 Å². The average molecular weight is 448 g/mol. The van der Waals surface area contributed by atoms with Crippen molar-refractivity contribution >= 4 is 34.8 Å². The Morgan fingerprint density at radius 1 is 1.42 bits per heavy atom. The van der Waals surface area contributed by atoms with Gasteiger partial charge < -0.3 is 20.1 Å². The minimum absolute atomic E-state index is 0.0248. The highest BCUT2D eigenvalue weighted by Gasteiger charge is 2.58. The zero-order valence-corrected chi connectivity index (χ0v) is 17.0. The van der Waals surface area contributed by atoms with Crippen molar-refractivity contribution < 1.29 is 18.7 Å². The van der Waals surface area contributed by atoms with Gasteiger partial charge in [0.25, 0.3) is 0 Å². The maximum Gasteiger partial charge on any atom is 0.408 e. The molecule has 10 nitrogen and oxygen atoms in total. The van der Waals surface area contributed by atoms with Crippen LogP contribution in [0.25, 0.3) is 5.52 Å². The molecular formula is C19H19ClFN7O3. The van der Waals surface area contributed by atoms with Crippen molar-refractivity contribution in [3.05, 3.63) is 35.4 Å². The molecule has 4 fully saturated rings. The van der Waals surface area contributed by atoms with Gasteiger partial charge in [-0.1, -0.05) is 11.6 Å². The van der Waals surface area contributed by atoms with E-state index < -0.39 is 24.5 Å². The van der Waals surface area contributed by atoms with Crippen LogP contribution in [0.4, 0.5) is 20.8 Å². The monoisotopic (exact) mass is 447 g/mol. The van der Waals surface area contributed by atoms with E-state index >= 15 is 0 Å². The van der Waals surface area contributed by atoms with Gasteiger partial charge in [0.1, 0.15) is 11.6 Å². The van der Waals surface area contributed by atoms with Crippen molar-refractivity contribution in [3.63, 3.8) is 0 Å². The van der Waals surface area contributed by atoms with Gasteiger partial charge in [-0.05, 0) is 25.2 Å². The Hall–Kier alpha value is -2.92. The lowest BCUT2D eigenvalue weighted by Crippen LogP contribution is -2.68. The molecule has 0 spiro atoms. The van der Waals surface area contributed by atoms with E-state index in [4.69, 9.17) is 21.1 Å². The highest BCUT2D eigenvalue weighted by molar-refractivity contribution is 6.34. The fourth-order valence-electron chi connectivity index (χ4n) is 4.62. The number of aromatic amines is 1. The molecule has 0 unspecified atom stereocenters. The molecule has 4 aliphatic rings. The second-order valence-electron chi connectivity index (χ2n) is 8.42. The Morgan fingerprint density at radius 3 is 3.03 bits per heavy atom. The fourth-order valence-corrected chi connectivity index (χ4v) is 4.84. The van der Waals surface area contributed by atoms with E-state index in [9.17, 15) is 9.18 Å². The molecule has 3 atom stereocenters. The molecule has 12 heteroatoms. The van der Waals surface area contributed by atoms with Gasteiger partial charge in [0, 0.05) is 24.0 Å². The van der Waals surface area contributed by atoms with E-state index in [2.05, 4.69) is 30.9 Å². The summed E-state index contributed by atoms with van der Waals surface area (Å²) in [4.78, 5) is 16.4. The van der Waals surface area contributed by atoms with Crippen LogP contribution in [-0.2, 0) is 9.47 Å². The fraction of sp³-hybridized carbons (Fsp3) is 0.474. The lowest BCUT2D eigenvalue weighted by Gasteiger charge is -2.61. The van der Waals surface area contributed by atoms with Crippen LogP contribution in [0.2, 0.25) is 5.02 Å². The molecule has 3 aromatic rings. The number of H-pyrrole nitrogens is 1. The molecule has 162 valence electrons. The lowest BCUT2D eigenvalue weighted by atomic mass is 9.50. The number of hydrogen-bond donors (Lipinski definition) is 3. The van der Waals surface area contributed by atoms with Crippen molar-refractivity contribution in [2.45, 2.75) is 43.2 Å². The number of amides is 1. The molecule has 0 aromatic carbocycles. The van der Waals surface area contributed by atoms with E-state index in [1.54, 1.807) is 23.0 Å². The van der Waals surface area contributed by atoms with Crippen LogP contribution in [0.15, 0.2) is 24.7 Å². The Balaban J connectivity index is 1.12. The predicted molar refractivity (Wildman–Crippen MR) is 107 cm³/mol. The lowest BCUT2D eigenvalue weighted by molar-refractivity contribution is -0.0528. The number of nitrogens with zero attached hydrogens (tertiary/aromatic N) is 4. The van der Waals surface area contributed by atoms with Crippen LogP contribution < -0.4 is 10.6 Å². The van der Waals surface area contributed by atoms with Gasteiger partial charge in [0.15, 0.2) is 23.9 Å². The molecular weight excluding hydrogens is 429 g/mol. The summed E-state index contributed by atoms with van der Waals surface area (Å²) < 4.78 is 27.4. The second kappa shape index (κ2) is 6.79. The minimum Gasteiger partial charge on any atom is -0.441 e. The summed E-state index contributed by atoms with van der Waals surface area (Å²) in [6.45, 7) is -0.0248. The van der Waals surface area contributed by atoms with Crippen LogP contribution in [0.3, 0.4) is 0 Å². The zero-order chi connectivity index (χ0) is 21.2. The highest BCUT2D eigenvalue weighted by atomic mass is 35.5. The molecule has 3 aromatic heterocycles. The molecule has 4 heterocycles. The number of hydrogen-bond acceptors (Lipinski definition) is 7. The number of carbonyl (C=O) groups excluding carboxylic acids is 1. The highest BCUT2D eigenvalue weighted by Crippen LogP contribution is 2.57. The van der Waals surface area contributed by atoms with Gasteiger partial charge in [-0.2, -0.15) is 10.2 Å². The van der Waals surface area contributed by atoms with Crippen molar-refractivity contribution in [2.24, 2.45) is 5.92 Å². The smallest absolute Gasteiger partial charge is 0.408 e. The summed E-state index contributed by atoms with van der Waals surface area (Å²) in [5, 5.41) is 17.4. The SMILES string of the molecule is O=C(NC12CC(C1)C2)O[C@@H]1CO[C@H](c2cc(Nc3nccn4ncc(Cl)c34)n[nH]2)[C@H]1F. The molecule has 1 amide bonds. The second-order valence-corrected chi connectivity index (χ2v) is 8.83. The molecule has 3 aliphatic carbocycles. The average Bonchev–Trinajstić information content (AvgIpc) is 3.39. The summed E-state index contributed by atoms with van der Waals surface area (Å²) in [6, 6.07) is 1.62. The summed E-state index contributed by atoms with van der Waals surface area (Å²) in [5.74, 6) is 1.59. The molecule has 7 rings (SSSR count). The number of alkyl halides is 1. The van der Waals surface area contributed by atoms with Crippen molar-refractivity contribution in [2.75, 3.05) is 11.9 Å². The number of ether oxygens (including phenoxy) is 2. The molecule has 2 bridgehead atoms. The van der Waals surface area contributed by atoms with Crippen molar-refractivity contribution in [1.29, 1.82) is 0 Å². The first-order chi connectivity index (χ1) is 15.0. The van der Waals surface area contributed by atoms with Gasteiger partial charge in [0.2, 0.25) is 0 Å². The summed E-state index contributed by atoms with van der Waals surface area (Å²) >= 11 is 6.18. The predicted octanol–water partition coefficient (Wildman–Crippen LogP) is 2.91. The van der Waals surface area contributed by atoms with Gasteiger partial charge in [-0.25, -0.2) is 18.7 Å². The normalized spacial score (nSPS) is 31.2. The first kappa shape index (κ1) is 18.8. The Labute approximate surface area is 180 Å². The van der Waals surface area contributed by atoms with Crippen LogP contribution in [0.5, 0.6) is 0 Å². The summed E-state index contributed by atoms with van der Waals surface area (Å²) in [7, 11) is 0. The summed E-state index contributed by atoms with van der Waals surface area (Å²) in [6.07, 6.45) is 3.74. The number of fused-ring (bicyclic) bond motifs is 1. The quantitative estimate of drug-likeness (QED) is 0.550. The number of aromatic nitrogens is 5. The number of anilines is 2. The molecule has 3 saturated carbocycles. The van der Waals surface area contributed by atoms with E-state index in [0.717, 1.165) is 25.2 Å². The van der Waals surface area contributed by atoms with Gasteiger partial charge >= 0.3 is 6.09 Å². The number of nitrogens with one attached hydrogen (secondary N) is 3. The Morgan fingerprint density at radius 2 is 2.26 bits per heavy atom. The van der Waals surface area contributed by atoms with E-state index in [1.807, 2.05) is 0 Å². The van der Waals surface area contributed by atoms with Crippen LogP contribution >= 0.6 is 11.6 Å². The first-order valence-corrected chi connectivity index (χ1v) is 10.4. The number of carbonyl (C=O) groups is 1. The van der Waals surface area contributed by atoms with Crippen LogP contribution in [0, 0.1) is 5.92 Å². The minimum atomic E-state index is -1.52. The third kappa shape index (κ3) is 3.10. The Kier molecular flexibility index (Phi) is 4.12. The van der Waals surface area contributed by atoms with Gasteiger partial charge in [-0.15, -0.1) is 0 Å². The standard InChI is InChI=1S/C19H19ClFN7O3/c20-10-7-23-28-2-1-22-17(15(10)28)24-13-3-11(26-27-13)16-14(21)12(8-30-16)31-18(29)25-19-4-9(5-19)6-19/h1-3,7,9,12,14,16H,4-6,8H2,(H,25,29)(H2,22,24,26,27)/t9?,12-,14+,16-,19?/m1/s1. The molecule has 1 aliphatic heterocycles. The van der Waals surface area contributed by atoms with E-state index in [-0.39, 0.29) is 12.1 Å². The third-order valence-electron chi connectivity index (χ3n) is 6.29. The van der Waals surface area contributed by atoms with E-state index in [1.165, 1.54) is 6.20 Å². The molecule has 0 radical (unpaired) electrons. The zero-order valence-electron chi connectivity index (χ0n) is 16.2. The van der Waals surface area contributed by atoms with Crippen LogP contribution in [0.1, 0.15) is 31.1 Å². The first-order valence-electron chi connectivity index (χ1n) is 10.0. The molecule has 3 N–H and O–H groups in total. The molecule has 1 saturated heterocycles. The van der Waals surface area contributed by atoms with Gasteiger partial charge in [-0.3, -0.25) is 5.10 Å². The number of halogens is 2. The number of alkyl carbamates (subject to hydrolysis) is 1. The van der Waals surface area contributed by atoms with Crippen molar-refractivity contribution in [1.82, 2.24) is 30.1 Å². The van der Waals surface area contributed by atoms with Crippen LogP contribution in [-0.4, -0.2) is 55.3 Å². The van der Waals surface area contributed by atoms with E-state index in [0.29, 0.717) is 27.9 Å². The molecule has 31 heavy (non-hydrogen) atoms.